The molecule has 0 atom stereocenters. The van der Waals surface area contributed by atoms with Crippen LogP contribution in [-0.4, -0.2) is 12.3 Å². The van der Waals surface area contributed by atoms with Gasteiger partial charge in [-0.1, -0.05) is 24.9 Å². The monoisotopic (exact) mass is 183 g/mol. The molecule has 0 radical (unpaired) electrons. The van der Waals surface area contributed by atoms with Gasteiger partial charge in [-0.25, -0.2) is 0 Å². The van der Waals surface area contributed by atoms with Gasteiger partial charge in [0, 0.05) is 0 Å². The molecule has 1 rings (SSSR count). The van der Waals surface area contributed by atoms with Crippen LogP contribution in [0.1, 0.15) is 46.5 Å². The van der Waals surface area contributed by atoms with Crippen LogP contribution in [0.2, 0.25) is 0 Å². The van der Waals surface area contributed by atoms with E-state index in [9.17, 15) is 0 Å². The predicted octanol–water partition coefficient (Wildman–Crippen LogP) is 3.23. The highest BCUT2D eigenvalue weighted by Crippen LogP contribution is 2.28. The van der Waals surface area contributed by atoms with Crippen LogP contribution in [0.4, 0.5) is 0 Å². The molecule has 0 saturated heterocycles. The Bertz CT molecular complexity index is 165. The largest absolute Gasteiger partial charge is 0.396 e. The van der Waals surface area contributed by atoms with Crippen molar-refractivity contribution in [3.8, 4) is 0 Å². The summed E-state index contributed by atoms with van der Waals surface area (Å²) >= 11 is 0. The molecule has 0 N–H and O–H groups in total. The van der Waals surface area contributed by atoms with Crippen LogP contribution in [0, 0.1) is 11.8 Å². The average Bonchev–Trinajstić information content (AvgIpc) is 2.08. The molecular formula is C11H21NO. The van der Waals surface area contributed by atoms with Gasteiger partial charge in [-0.15, -0.1) is 0 Å². The second-order valence-electron chi connectivity index (χ2n) is 4.46. The van der Waals surface area contributed by atoms with E-state index in [1.54, 1.807) is 0 Å². The van der Waals surface area contributed by atoms with Crippen molar-refractivity contribution in [2.24, 2.45) is 17.0 Å². The van der Waals surface area contributed by atoms with Gasteiger partial charge < -0.3 is 4.84 Å². The van der Waals surface area contributed by atoms with Crippen LogP contribution < -0.4 is 0 Å². The lowest BCUT2D eigenvalue weighted by molar-refractivity contribution is 0.0847. The van der Waals surface area contributed by atoms with Gasteiger partial charge in [0.15, 0.2) is 0 Å². The van der Waals surface area contributed by atoms with Crippen LogP contribution in [0.15, 0.2) is 5.16 Å². The van der Waals surface area contributed by atoms with E-state index in [0.717, 1.165) is 24.2 Å². The van der Waals surface area contributed by atoms with Crippen molar-refractivity contribution in [3.05, 3.63) is 0 Å². The summed E-state index contributed by atoms with van der Waals surface area (Å²) in [5.41, 5.74) is 1.00. The first-order chi connectivity index (χ1) is 6.18. The third-order valence-electron chi connectivity index (χ3n) is 2.69. The summed E-state index contributed by atoms with van der Waals surface area (Å²) < 4.78 is 0. The van der Waals surface area contributed by atoms with Crippen molar-refractivity contribution in [2.75, 3.05) is 6.61 Å². The minimum absolute atomic E-state index is 0.749. The van der Waals surface area contributed by atoms with Gasteiger partial charge in [0.1, 0.15) is 6.61 Å². The smallest absolute Gasteiger partial charge is 0.120 e. The summed E-state index contributed by atoms with van der Waals surface area (Å²) in [6.07, 6.45) is 5.37. The van der Waals surface area contributed by atoms with Gasteiger partial charge >= 0.3 is 0 Å². The summed E-state index contributed by atoms with van der Waals surface area (Å²) in [4.78, 5) is 5.26. The molecule has 0 aliphatic heterocycles. The van der Waals surface area contributed by atoms with Crippen molar-refractivity contribution in [1.82, 2.24) is 0 Å². The minimum atomic E-state index is 0.749. The van der Waals surface area contributed by atoms with Crippen LogP contribution >= 0.6 is 0 Å². The second-order valence-corrected chi connectivity index (χ2v) is 4.46. The maximum atomic E-state index is 5.26. The Balaban J connectivity index is 2.12. The summed E-state index contributed by atoms with van der Waals surface area (Å²) in [6.45, 7) is 7.08. The molecule has 1 aliphatic rings. The first-order valence-electron chi connectivity index (χ1n) is 5.31. The van der Waals surface area contributed by atoms with Crippen LogP contribution in [-0.2, 0) is 4.84 Å². The molecular weight excluding hydrogens is 162 g/mol. The fourth-order valence-corrected chi connectivity index (χ4v) is 1.77. The zero-order valence-electron chi connectivity index (χ0n) is 9.05. The average molecular weight is 183 g/mol. The maximum Gasteiger partial charge on any atom is 0.120 e. The van der Waals surface area contributed by atoms with Crippen molar-refractivity contribution >= 4 is 5.71 Å². The van der Waals surface area contributed by atoms with Gasteiger partial charge in [-0.3, -0.25) is 0 Å². The lowest BCUT2D eigenvalue weighted by atomic mass is 9.83. The SMILES string of the molecule is CC(C)=NOCC1CCC(C)CC1. The highest BCUT2D eigenvalue weighted by Gasteiger charge is 2.18. The van der Waals surface area contributed by atoms with E-state index < -0.39 is 0 Å². The zero-order valence-corrected chi connectivity index (χ0v) is 9.05. The third-order valence-corrected chi connectivity index (χ3v) is 2.69. The summed E-state index contributed by atoms with van der Waals surface area (Å²) in [6, 6.07) is 0. The first-order valence-corrected chi connectivity index (χ1v) is 5.31. The number of nitrogens with zero attached hydrogens (tertiary/aromatic N) is 1. The fourth-order valence-electron chi connectivity index (χ4n) is 1.77. The number of hydrogen-bond acceptors (Lipinski definition) is 2. The molecule has 0 aromatic heterocycles. The quantitative estimate of drug-likeness (QED) is 0.486. The second kappa shape index (κ2) is 5.25. The highest BCUT2D eigenvalue weighted by molar-refractivity contribution is 5.78. The summed E-state index contributed by atoms with van der Waals surface area (Å²) in [5.74, 6) is 1.67. The van der Waals surface area contributed by atoms with E-state index in [2.05, 4.69) is 12.1 Å². The van der Waals surface area contributed by atoms with Crippen LogP contribution in [0.3, 0.4) is 0 Å². The molecule has 1 fully saturated rings. The van der Waals surface area contributed by atoms with Gasteiger partial charge in [0.05, 0.1) is 5.71 Å². The minimum Gasteiger partial charge on any atom is -0.396 e. The van der Waals surface area contributed by atoms with Crippen LogP contribution in [0.25, 0.3) is 0 Å². The number of oxime groups is 1. The molecule has 0 aromatic rings. The van der Waals surface area contributed by atoms with Gasteiger partial charge in [-0.2, -0.15) is 0 Å². The van der Waals surface area contributed by atoms with E-state index >= 15 is 0 Å². The molecule has 0 unspecified atom stereocenters. The number of rotatable bonds is 3. The Hall–Kier alpha value is -0.530. The molecule has 0 spiro atoms. The van der Waals surface area contributed by atoms with Crippen molar-refractivity contribution in [2.45, 2.75) is 46.5 Å². The molecule has 76 valence electrons. The number of hydrogen-bond donors (Lipinski definition) is 0. The van der Waals surface area contributed by atoms with E-state index in [-0.39, 0.29) is 0 Å². The normalized spacial score (nSPS) is 28.2. The van der Waals surface area contributed by atoms with Crippen molar-refractivity contribution < 1.29 is 4.84 Å². The Labute approximate surface area is 81.3 Å². The molecule has 1 aliphatic carbocycles. The molecule has 0 amide bonds. The van der Waals surface area contributed by atoms with Gasteiger partial charge in [0.25, 0.3) is 0 Å². The Kier molecular flexibility index (Phi) is 4.26. The Morgan fingerprint density at radius 2 is 1.85 bits per heavy atom. The fraction of sp³-hybridized carbons (Fsp3) is 0.909. The van der Waals surface area contributed by atoms with E-state index in [0.29, 0.717) is 0 Å². The highest BCUT2D eigenvalue weighted by atomic mass is 16.6. The molecule has 2 nitrogen and oxygen atoms in total. The Morgan fingerprint density at radius 3 is 2.38 bits per heavy atom. The van der Waals surface area contributed by atoms with E-state index in [1.165, 1.54) is 25.7 Å². The molecule has 13 heavy (non-hydrogen) atoms. The van der Waals surface area contributed by atoms with E-state index in [4.69, 9.17) is 4.84 Å². The van der Waals surface area contributed by atoms with Gasteiger partial charge in [-0.05, 0) is 38.5 Å². The predicted molar refractivity (Wildman–Crippen MR) is 55.9 cm³/mol. The van der Waals surface area contributed by atoms with Gasteiger partial charge in [0.2, 0.25) is 0 Å². The molecule has 1 saturated carbocycles. The molecule has 0 bridgehead atoms. The van der Waals surface area contributed by atoms with E-state index in [1.807, 2.05) is 13.8 Å². The molecule has 0 heterocycles. The topological polar surface area (TPSA) is 21.6 Å². The van der Waals surface area contributed by atoms with Crippen LogP contribution in [0.5, 0.6) is 0 Å². The lowest BCUT2D eigenvalue weighted by Crippen LogP contribution is -2.16. The first kappa shape index (κ1) is 10.6. The Morgan fingerprint density at radius 1 is 1.23 bits per heavy atom. The molecule has 0 aromatic carbocycles. The van der Waals surface area contributed by atoms with Crippen molar-refractivity contribution in [1.29, 1.82) is 0 Å². The molecule has 2 heteroatoms. The van der Waals surface area contributed by atoms with Crippen molar-refractivity contribution in [3.63, 3.8) is 0 Å². The lowest BCUT2D eigenvalue weighted by Gasteiger charge is -2.24. The zero-order chi connectivity index (χ0) is 9.68. The third kappa shape index (κ3) is 4.30. The standard InChI is InChI=1S/C11H21NO/c1-9(2)12-13-8-11-6-4-10(3)5-7-11/h10-11H,4-8H2,1-3H3. The summed E-state index contributed by atoms with van der Waals surface area (Å²) in [7, 11) is 0. The maximum absolute atomic E-state index is 5.26. The summed E-state index contributed by atoms with van der Waals surface area (Å²) in [5, 5.41) is 3.95.